The summed E-state index contributed by atoms with van der Waals surface area (Å²) in [4.78, 5) is 11.8. The summed E-state index contributed by atoms with van der Waals surface area (Å²) in [5.41, 5.74) is 2.29. The summed E-state index contributed by atoms with van der Waals surface area (Å²) in [5, 5.41) is 23.4. The first-order valence-corrected chi connectivity index (χ1v) is 9.14. The molecular weight excluding hydrogens is 340 g/mol. The van der Waals surface area contributed by atoms with Crippen LogP contribution in [0.5, 0.6) is 0 Å². The number of hydrogen-bond acceptors (Lipinski definition) is 6. The van der Waals surface area contributed by atoms with Crippen LogP contribution in [0.4, 0.5) is 0 Å². The number of aliphatic hydroxyl groups excluding tert-OH is 1. The largest absolute Gasteiger partial charge is 0.510 e. The average molecular weight is 354 g/mol. The maximum Gasteiger partial charge on any atom is 0.135 e. The SMILES string of the molecule is N=C1C(c2nc(-c3cccs3)cs2)=C(O)CN1Cc1ccccn1. The molecule has 120 valence electrons. The van der Waals surface area contributed by atoms with Crippen molar-refractivity contribution in [1.82, 2.24) is 14.9 Å². The molecule has 3 aromatic rings. The van der Waals surface area contributed by atoms with Crippen molar-refractivity contribution in [1.29, 1.82) is 5.41 Å². The van der Waals surface area contributed by atoms with Crippen molar-refractivity contribution in [3.05, 3.63) is 63.7 Å². The van der Waals surface area contributed by atoms with Crippen molar-refractivity contribution < 1.29 is 5.11 Å². The maximum atomic E-state index is 10.3. The van der Waals surface area contributed by atoms with E-state index in [1.54, 1.807) is 22.4 Å². The highest BCUT2D eigenvalue weighted by Crippen LogP contribution is 2.33. The number of hydrogen-bond donors (Lipinski definition) is 2. The predicted molar refractivity (Wildman–Crippen MR) is 97.3 cm³/mol. The fraction of sp³-hybridized carbons (Fsp3) is 0.118. The second-order valence-electron chi connectivity index (χ2n) is 5.36. The fourth-order valence-electron chi connectivity index (χ4n) is 2.61. The van der Waals surface area contributed by atoms with Gasteiger partial charge in [0.15, 0.2) is 0 Å². The third-order valence-corrected chi connectivity index (χ3v) is 5.51. The zero-order valence-electron chi connectivity index (χ0n) is 12.6. The second-order valence-corrected chi connectivity index (χ2v) is 7.17. The molecule has 0 radical (unpaired) electrons. The number of thiazole rings is 1. The molecule has 5 nitrogen and oxygen atoms in total. The molecule has 24 heavy (non-hydrogen) atoms. The smallest absolute Gasteiger partial charge is 0.135 e. The summed E-state index contributed by atoms with van der Waals surface area (Å²) in [6.45, 7) is 0.815. The Labute approximate surface area is 147 Å². The number of aromatic nitrogens is 2. The van der Waals surface area contributed by atoms with E-state index in [9.17, 15) is 5.11 Å². The van der Waals surface area contributed by atoms with Gasteiger partial charge in [-0.2, -0.15) is 0 Å². The molecule has 2 N–H and O–H groups in total. The van der Waals surface area contributed by atoms with Crippen molar-refractivity contribution >= 4 is 34.1 Å². The summed E-state index contributed by atoms with van der Waals surface area (Å²) in [6.07, 6.45) is 1.73. The Balaban J connectivity index is 1.57. The van der Waals surface area contributed by atoms with Crippen molar-refractivity contribution in [3.63, 3.8) is 0 Å². The van der Waals surface area contributed by atoms with E-state index in [4.69, 9.17) is 5.41 Å². The maximum absolute atomic E-state index is 10.3. The normalized spacial score (nSPS) is 14.7. The Kier molecular flexibility index (Phi) is 3.87. The van der Waals surface area contributed by atoms with Gasteiger partial charge in [-0.25, -0.2) is 4.98 Å². The Morgan fingerprint density at radius 2 is 2.12 bits per heavy atom. The molecule has 1 aliphatic rings. The lowest BCUT2D eigenvalue weighted by Crippen LogP contribution is -2.26. The first-order chi connectivity index (χ1) is 11.7. The number of pyridine rings is 1. The fourth-order valence-corrected chi connectivity index (χ4v) is 4.25. The van der Waals surface area contributed by atoms with Gasteiger partial charge in [0, 0.05) is 11.6 Å². The van der Waals surface area contributed by atoms with Crippen LogP contribution in [0.15, 0.2) is 53.0 Å². The van der Waals surface area contributed by atoms with Gasteiger partial charge in [-0.05, 0) is 23.6 Å². The van der Waals surface area contributed by atoms with Gasteiger partial charge >= 0.3 is 0 Å². The highest BCUT2D eigenvalue weighted by atomic mass is 32.1. The number of nitrogens with one attached hydrogen (secondary N) is 1. The summed E-state index contributed by atoms with van der Waals surface area (Å²) in [5.74, 6) is 0.494. The van der Waals surface area contributed by atoms with E-state index >= 15 is 0 Å². The molecule has 4 heterocycles. The van der Waals surface area contributed by atoms with E-state index in [-0.39, 0.29) is 5.76 Å². The lowest BCUT2D eigenvalue weighted by molar-refractivity contribution is 0.345. The molecule has 0 spiro atoms. The van der Waals surface area contributed by atoms with E-state index in [0.29, 0.717) is 29.5 Å². The van der Waals surface area contributed by atoms with Gasteiger partial charge < -0.3 is 10.0 Å². The molecule has 0 fully saturated rings. The van der Waals surface area contributed by atoms with Crippen LogP contribution in [0.3, 0.4) is 0 Å². The van der Waals surface area contributed by atoms with Crippen molar-refractivity contribution in [2.24, 2.45) is 0 Å². The lowest BCUT2D eigenvalue weighted by atomic mass is 10.2. The van der Waals surface area contributed by atoms with E-state index in [1.165, 1.54) is 11.3 Å². The van der Waals surface area contributed by atoms with Gasteiger partial charge in [-0.3, -0.25) is 10.4 Å². The molecule has 0 unspecified atom stereocenters. The van der Waals surface area contributed by atoms with E-state index in [1.807, 2.05) is 41.1 Å². The van der Waals surface area contributed by atoms with Crippen LogP contribution in [0.1, 0.15) is 10.7 Å². The van der Waals surface area contributed by atoms with E-state index < -0.39 is 0 Å². The van der Waals surface area contributed by atoms with Crippen LogP contribution in [0.25, 0.3) is 16.1 Å². The molecular formula is C17H14N4OS2. The number of rotatable bonds is 4. The minimum atomic E-state index is 0.197. The zero-order valence-corrected chi connectivity index (χ0v) is 14.3. The van der Waals surface area contributed by atoms with E-state index in [2.05, 4.69) is 9.97 Å². The van der Waals surface area contributed by atoms with Crippen LogP contribution < -0.4 is 0 Å². The monoisotopic (exact) mass is 354 g/mol. The summed E-state index contributed by atoms with van der Waals surface area (Å²) < 4.78 is 0. The Hall–Kier alpha value is -2.51. The van der Waals surface area contributed by atoms with Gasteiger partial charge in [0.25, 0.3) is 0 Å². The third-order valence-electron chi connectivity index (χ3n) is 3.75. The highest BCUT2D eigenvalue weighted by Gasteiger charge is 2.30. The van der Waals surface area contributed by atoms with Gasteiger partial charge in [-0.1, -0.05) is 12.1 Å². The van der Waals surface area contributed by atoms with Crippen molar-refractivity contribution in [2.45, 2.75) is 6.54 Å². The Bertz CT molecular complexity index is 900. The molecule has 0 atom stereocenters. The van der Waals surface area contributed by atoms with Crippen LogP contribution >= 0.6 is 22.7 Å². The quantitative estimate of drug-likeness (QED) is 0.742. The first kappa shape index (κ1) is 15.0. The minimum absolute atomic E-state index is 0.197. The summed E-state index contributed by atoms with van der Waals surface area (Å²) in [7, 11) is 0. The third kappa shape index (κ3) is 2.72. The molecule has 1 aliphatic heterocycles. The van der Waals surface area contributed by atoms with Crippen LogP contribution in [0, 0.1) is 5.41 Å². The lowest BCUT2D eigenvalue weighted by Gasteiger charge is -2.17. The van der Waals surface area contributed by atoms with Crippen LogP contribution in [-0.4, -0.2) is 32.4 Å². The number of nitrogens with zero attached hydrogens (tertiary/aromatic N) is 3. The predicted octanol–water partition coefficient (Wildman–Crippen LogP) is 4.03. The van der Waals surface area contributed by atoms with Gasteiger partial charge in [-0.15, -0.1) is 22.7 Å². The molecule has 7 heteroatoms. The average Bonchev–Trinajstić information content (AvgIpc) is 3.30. The molecule has 3 aromatic heterocycles. The number of amidine groups is 1. The molecule has 0 bridgehead atoms. The van der Waals surface area contributed by atoms with Crippen molar-refractivity contribution in [3.8, 4) is 10.6 Å². The Morgan fingerprint density at radius 1 is 1.21 bits per heavy atom. The first-order valence-electron chi connectivity index (χ1n) is 7.38. The molecule has 0 amide bonds. The molecule has 0 aromatic carbocycles. The van der Waals surface area contributed by atoms with Crippen LogP contribution in [0.2, 0.25) is 0 Å². The zero-order chi connectivity index (χ0) is 16.5. The topological polar surface area (TPSA) is 73.1 Å². The molecule has 0 aliphatic carbocycles. The number of thiophene rings is 1. The molecule has 0 saturated heterocycles. The van der Waals surface area contributed by atoms with Gasteiger partial charge in [0.1, 0.15) is 16.6 Å². The minimum Gasteiger partial charge on any atom is -0.510 e. The highest BCUT2D eigenvalue weighted by molar-refractivity contribution is 7.14. The number of aliphatic hydroxyl groups is 1. The van der Waals surface area contributed by atoms with Crippen molar-refractivity contribution in [2.75, 3.05) is 6.54 Å². The second kappa shape index (κ2) is 6.18. The Morgan fingerprint density at radius 3 is 2.88 bits per heavy atom. The summed E-state index contributed by atoms with van der Waals surface area (Å²) in [6, 6.07) is 9.71. The van der Waals surface area contributed by atoms with E-state index in [0.717, 1.165) is 16.3 Å². The van der Waals surface area contributed by atoms with Gasteiger partial charge in [0.05, 0.1) is 34.9 Å². The summed E-state index contributed by atoms with van der Waals surface area (Å²) >= 11 is 3.08. The molecule has 4 rings (SSSR count). The van der Waals surface area contributed by atoms with Crippen LogP contribution in [-0.2, 0) is 6.54 Å². The van der Waals surface area contributed by atoms with Gasteiger partial charge in [0.2, 0.25) is 0 Å². The molecule has 0 saturated carbocycles. The standard InChI is InChI=1S/C17H14N4OS2/c18-16-15(17-20-12(10-24-17)14-5-3-7-23-14)13(22)9-21(16)8-11-4-1-2-6-19-11/h1-7,10,18,22H,8-9H2.